The molecular formula is C18H24N4OS. The number of aromatic nitrogens is 2. The van der Waals surface area contributed by atoms with Crippen molar-refractivity contribution in [2.75, 3.05) is 31.6 Å². The molecule has 24 heavy (non-hydrogen) atoms. The molecule has 0 amide bonds. The van der Waals surface area contributed by atoms with Crippen molar-refractivity contribution in [3.8, 4) is 0 Å². The number of nitrogens with zero attached hydrogens (tertiary/aromatic N) is 4. The molecule has 2 aromatic rings. The number of rotatable bonds is 4. The lowest BCUT2D eigenvalue weighted by Gasteiger charge is -2.40. The molecule has 0 radical (unpaired) electrons. The highest BCUT2D eigenvalue weighted by Gasteiger charge is 2.44. The summed E-state index contributed by atoms with van der Waals surface area (Å²) < 4.78 is 6.35. The number of thiophene rings is 1. The minimum absolute atomic E-state index is 0.00196. The van der Waals surface area contributed by atoms with Crippen molar-refractivity contribution in [3.05, 3.63) is 40.8 Å². The van der Waals surface area contributed by atoms with Crippen LogP contribution in [-0.4, -0.2) is 53.3 Å². The van der Waals surface area contributed by atoms with Gasteiger partial charge in [0.2, 0.25) is 5.95 Å². The van der Waals surface area contributed by atoms with E-state index in [-0.39, 0.29) is 5.60 Å². The summed E-state index contributed by atoms with van der Waals surface area (Å²) in [5.74, 6) is 0.786. The molecule has 2 saturated heterocycles. The Hall–Kier alpha value is -1.50. The minimum Gasteiger partial charge on any atom is -0.371 e. The van der Waals surface area contributed by atoms with E-state index in [1.165, 1.54) is 18.5 Å². The number of ether oxygens (including phenoxy) is 1. The van der Waals surface area contributed by atoms with Gasteiger partial charge in [0.05, 0.1) is 18.2 Å². The summed E-state index contributed by atoms with van der Waals surface area (Å²) in [6.45, 7) is 4.00. The molecule has 0 N–H and O–H groups in total. The zero-order chi connectivity index (χ0) is 16.4. The van der Waals surface area contributed by atoms with Crippen LogP contribution in [0.5, 0.6) is 0 Å². The second-order valence-electron chi connectivity index (χ2n) is 6.96. The van der Waals surface area contributed by atoms with Crippen LogP contribution in [0.2, 0.25) is 0 Å². The largest absolute Gasteiger partial charge is 0.371 e. The van der Waals surface area contributed by atoms with Crippen molar-refractivity contribution in [1.29, 1.82) is 0 Å². The molecule has 4 heterocycles. The van der Waals surface area contributed by atoms with Gasteiger partial charge in [-0.3, -0.25) is 4.90 Å². The number of hydrogen-bond acceptors (Lipinski definition) is 6. The highest BCUT2D eigenvalue weighted by molar-refractivity contribution is 7.07. The molecule has 2 aromatic heterocycles. The van der Waals surface area contributed by atoms with Crippen molar-refractivity contribution in [1.82, 2.24) is 14.9 Å². The molecule has 6 heteroatoms. The van der Waals surface area contributed by atoms with E-state index in [1.807, 2.05) is 6.07 Å². The Morgan fingerprint density at radius 2 is 2.29 bits per heavy atom. The lowest BCUT2D eigenvalue weighted by Crippen LogP contribution is -2.48. The number of anilines is 1. The zero-order valence-corrected chi connectivity index (χ0v) is 14.9. The van der Waals surface area contributed by atoms with E-state index in [4.69, 9.17) is 4.74 Å². The number of piperidine rings is 1. The molecule has 2 aliphatic heterocycles. The topological polar surface area (TPSA) is 41.5 Å². The Kier molecular flexibility index (Phi) is 4.52. The highest BCUT2D eigenvalue weighted by atomic mass is 32.1. The quantitative estimate of drug-likeness (QED) is 0.853. The molecule has 0 saturated carbocycles. The van der Waals surface area contributed by atoms with Gasteiger partial charge in [0.1, 0.15) is 0 Å². The van der Waals surface area contributed by atoms with Crippen LogP contribution in [0.25, 0.3) is 0 Å². The fourth-order valence-corrected chi connectivity index (χ4v) is 4.62. The van der Waals surface area contributed by atoms with Crippen molar-refractivity contribution in [3.63, 3.8) is 0 Å². The second kappa shape index (κ2) is 6.78. The van der Waals surface area contributed by atoms with Gasteiger partial charge < -0.3 is 9.64 Å². The van der Waals surface area contributed by atoms with Crippen molar-refractivity contribution in [2.45, 2.75) is 37.5 Å². The van der Waals surface area contributed by atoms with Crippen LogP contribution in [-0.2, 0) is 11.3 Å². The normalized spacial score (nSPS) is 27.6. The average Bonchev–Trinajstić information content (AvgIpc) is 3.26. The van der Waals surface area contributed by atoms with Crippen LogP contribution >= 0.6 is 11.3 Å². The first-order chi connectivity index (χ1) is 11.7. The molecule has 0 aliphatic carbocycles. The predicted octanol–water partition coefficient (Wildman–Crippen LogP) is 2.80. The van der Waals surface area contributed by atoms with Gasteiger partial charge >= 0.3 is 0 Å². The van der Waals surface area contributed by atoms with Gasteiger partial charge in [-0.25, -0.2) is 9.97 Å². The monoisotopic (exact) mass is 344 g/mol. The van der Waals surface area contributed by atoms with Gasteiger partial charge in [-0.15, -0.1) is 0 Å². The highest BCUT2D eigenvalue weighted by Crippen LogP contribution is 2.37. The SMILES string of the molecule is CN(c1ncccn1)[C@@H]1CO[C@]2(CCCN(Cc3ccsc3)C2)C1. The molecule has 0 bridgehead atoms. The number of likely N-dealkylation sites (tertiary alicyclic amines) is 1. The van der Waals surface area contributed by atoms with Crippen LogP contribution in [0.1, 0.15) is 24.8 Å². The lowest BCUT2D eigenvalue weighted by molar-refractivity contribution is -0.0533. The zero-order valence-electron chi connectivity index (χ0n) is 14.1. The summed E-state index contributed by atoms with van der Waals surface area (Å²) in [4.78, 5) is 13.5. The van der Waals surface area contributed by atoms with E-state index >= 15 is 0 Å². The first-order valence-corrected chi connectivity index (χ1v) is 9.56. The standard InChI is InChI=1S/C18H24N4OS/c1-21(17-19-6-3-7-20-17)16-10-18(23-12-16)5-2-8-22(14-18)11-15-4-9-24-13-15/h3-4,6-7,9,13,16H,2,5,8,10-12,14H2,1H3/t16-,18+/m0/s1. The fourth-order valence-electron chi connectivity index (χ4n) is 3.96. The van der Waals surface area contributed by atoms with Crippen LogP contribution in [0.3, 0.4) is 0 Å². The van der Waals surface area contributed by atoms with Crippen molar-refractivity contribution >= 4 is 17.3 Å². The van der Waals surface area contributed by atoms with E-state index in [0.29, 0.717) is 6.04 Å². The van der Waals surface area contributed by atoms with Gasteiger partial charge in [-0.1, -0.05) is 0 Å². The molecule has 2 fully saturated rings. The number of hydrogen-bond donors (Lipinski definition) is 0. The van der Waals surface area contributed by atoms with E-state index in [2.05, 4.69) is 43.6 Å². The van der Waals surface area contributed by atoms with Crippen molar-refractivity contribution < 1.29 is 4.74 Å². The predicted molar refractivity (Wildman–Crippen MR) is 96.4 cm³/mol. The molecule has 4 rings (SSSR count). The molecule has 1 spiro atoms. The van der Waals surface area contributed by atoms with Gasteiger partial charge in [-0.2, -0.15) is 11.3 Å². The van der Waals surface area contributed by atoms with Crippen LogP contribution < -0.4 is 4.90 Å². The Morgan fingerprint density at radius 1 is 1.42 bits per heavy atom. The van der Waals surface area contributed by atoms with Crippen LogP contribution in [0.4, 0.5) is 5.95 Å². The summed E-state index contributed by atoms with van der Waals surface area (Å²) in [6.07, 6.45) is 7.03. The summed E-state index contributed by atoms with van der Waals surface area (Å²) in [6, 6.07) is 4.44. The third-order valence-corrected chi connectivity index (χ3v) is 5.94. The Bertz CT molecular complexity index is 650. The molecule has 2 atom stereocenters. The van der Waals surface area contributed by atoms with Gasteiger partial charge in [0.25, 0.3) is 0 Å². The molecule has 0 unspecified atom stereocenters. The summed E-state index contributed by atoms with van der Waals surface area (Å²) in [7, 11) is 2.08. The molecule has 0 aromatic carbocycles. The molecular weight excluding hydrogens is 320 g/mol. The minimum atomic E-state index is 0.00196. The van der Waals surface area contributed by atoms with Crippen molar-refractivity contribution in [2.24, 2.45) is 0 Å². The maximum Gasteiger partial charge on any atom is 0.225 e. The summed E-state index contributed by atoms with van der Waals surface area (Å²) in [5, 5.41) is 4.41. The second-order valence-corrected chi connectivity index (χ2v) is 7.74. The lowest BCUT2D eigenvalue weighted by atomic mass is 9.88. The Balaban J connectivity index is 1.41. The summed E-state index contributed by atoms with van der Waals surface area (Å²) in [5.41, 5.74) is 1.42. The van der Waals surface area contributed by atoms with E-state index in [1.54, 1.807) is 23.7 Å². The van der Waals surface area contributed by atoms with Crippen LogP contribution in [0.15, 0.2) is 35.3 Å². The first kappa shape index (κ1) is 16.0. The fraction of sp³-hybridized carbons (Fsp3) is 0.556. The van der Waals surface area contributed by atoms with E-state index < -0.39 is 0 Å². The third-order valence-electron chi connectivity index (χ3n) is 5.21. The van der Waals surface area contributed by atoms with Crippen LogP contribution in [0, 0.1) is 0 Å². The third kappa shape index (κ3) is 3.31. The summed E-state index contributed by atoms with van der Waals surface area (Å²) >= 11 is 1.78. The first-order valence-electron chi connectivity index (χ1n) is 8.61. The Morgan fingerprint density at radius 3 is 3.08 bits per heavy atom. The van der Waals surface area contributed by atoms with Gasteiger partial charge in [0.15, 0.2) is 0 Å². The van der Waals surface area contributed by atoms with E-state index in [9.17, 15) is 0 Å². The van der Waals surface area contributed by atoms with E-state index in [0.717, 1.165) is 38.5 Å². The van der Waals surface area contributed by atoms with Gasteiger partial charge in [-0.05, 0) is 47.8 Å². The molecule has 5 nitrogen and oxygen atoms in total. The maximum absolute atomic E-state index is 6.35. The molecule has 2 aliphatic rings. The van der Waals surface area contributed by atoms with Gasteiger partial charge in [0, 0.05) is 39.0 Å². The average molecular weight is 344 g/mol. The smallest absolute Gasteiger partial charge is 0.225 e. The maximum atomic E-state index is 6.35. The molecule has 128 valence electrons. The Labute approximate surface area is 147 Å². The number of likely N-dealkylation sites (N-methyl/N-ethyl adjacent to an activating group) is 1.